The Bertz CT molecular complexity index is 653. The number of carbonyl (C=O) groups excluding carboxylic acids is 1. The van der Waals surface area contributed by atoms with Gasteiger partial charge in [-0.05, 0) is 24.1 Å². The molecule has 3 nitrogen and oxygen atoms in total. The summed E-state index contributed by atoms with van der Waals surface area (Å²) in [6.45, 7) is 3.94. The second kappa shape index (κ2) is 5.54. The third-order valence-corrected chi connectivity index (χ3v) is 4.20. The van der Waals surface area contributed by atoms with Gasteiger partial charge in [0.25, 0.3) is 0 Å². The Hall–Kier alpha value is -1.79. The third kappa shape index (κ3) is 2.96. The molecule has 1 aromatic carbocycles. The van der Waals surface area contributed by atoms with E-state index in [0.717, 1.165) is 17.6 Å². The van der Waals surface area contributed by atoms with E-state index in [2.05, 4.69) is 6.07 Å². The topological polar surface area (TPSA) is 44.1 Å². The summed E-state index contributed by atoms with van der Waals surface area (Å²) in [5.74, 6) is 0.150. The molecular weight excluding hydrogens is 284 g/mol. The first-order valence-electron chi connectivity index (χ1n) is 6.89. The zero-order valence-corrected chi connectivity index (χ0v) is 13.5. The van der Waals surface area contributed by atoms with Crippen LogP contribution in [0, 0.1) is 16.7 Å². The minimum absolute atomic E-state index is 0.0184. The molecule has 0 N–H and O–H groups in total. The first-order valence-corrected chi connectivity index (χ1v) is 7.26. The number of hydrogen-bond donors (Lipinski definition) is 0. The monoisotopic (exact) mass is 302 g/mol. The maximum atomic E-state index is 12.6. The number of rotatable bonds is 2. The lowest BCUT2D eigenvalue weighted by atomic mass is 9.88. The van der Waals surface area contributed by atoms with E-state index in [1.54, 1.807) is 12.1 Å². The second-order valence-corrected chi connectivity index (χ2v) is 6.77. The third-order valence-electron chi connectivity index (χ3n) is 3.87. The molecule has 1 saturated carbocycles. The minimum atomic E-state index is -0.385. The highest BCUT2D eigenvalue weighted by Crippen LogP contribution is 2.48. The first-order chi connectivity index (χ1) is 9.76. The molecule has 1 atom stereocenters. The van der Waals surface area contributed by atoms with Crippen molar-refractivity contribution in [2.45, 2.75) is 26.2 Å². The fourth-order valence-electron chi connectivity index (χ4n) is 2.85. The average Bonchev–Trinajstić information content (AvgIpc) is 2.61. The molecule has 0 bridgehead atoms. The van der Waals surface area contributed by atoms with Crippen molar-refractivity contribution in [1.82, 2.24) is 4.90 Å². The normalized spacial score (nSPS) is 22.4. The van der Waals surface area contributed by atoms with Crippen LogP contribution in [0.25, 0.3) is 0 Å². The van der Waals surface area contributed by atoms with Crippen LogP contribution in [0.1, 0.15) is 37.3 Å². The highest BCUT2D eigenvalue weighted by atomic mass is 35.5. The van der Waals surface area contributed by atoms with Crippen LogP contribution in [-0.2, 0) is 4.79 Å². The van der Waals surface area contributed by atoms with E-state index in [0.29, 0.717) is 10.6 Å². The highest BCUT2D eigenvalue weighted by molar-refractivity contribution is 6.31. The van der Waals surface area contributed by atoms with Gasteiger partial charge in [-0.3, -0.25) is 4.79 Å². The Balaban J connectivity index is 2.52. The molecule has 2 rings (SSSR count). The predicted molar refractivity (Wildman–Crippen MR) is 84.1 cm³/mol. The summed E-state index contributed by atoms with van der Waals surface area (Å²) in [4.78, 5) is 14.5. The maximum Gasteiger partial charge on any atom is 0.166 e. The van der Waals surface area contributed by atoms with Crippen LogP contribution in [-0.4, -0.2) is 24.8 Å². The average molecular weight is 303 g/mol. The Labute approximate surface area is 130 Å². The molecule has 0 aromatic heterocycles. The smallest absolute Gasteiger partial charge is 0.166 e. The minimum Gasteiger partial charge on any atom is -0.383 e. The molecule has 1 fully saturated rings. The van der Waals surface area contributed by atoms with Crippen LogP contribution in [0.15, 0.2) is 30.0 Å². The van der Waals surface area contributed by atoms with Crippen molar-refractivity contribution in [3.63, 3.8) is 0 Å². The summed E-state index contributed by atoms with van der Waals surface area (Å²) < 4.78 is 0. The Morgan fingerprint density at radius 2 is 2.10 bits per heavy atom. The van der Waals surface area contributed by atoms with Gasteiger partial charge in [-0.2, -0.15) is 5.26 Å². The van der Waals surface area contributed by atoms with Crippen molar-refractivity contribution in [2.24, 2.45) is 5.41 Å². The van der Waals surface area contributed by atoms with Crippen molar-refractivity contribution < 1.29 is 4.79 Å². The SMILES string of the molecule is CN(C)/C=C1\C(=O)C(C)(C)C[C@H]1c1ccc(C#N)cc1Cl. The molecule has 4 heteroatoms. The van der Waals surface area contributed by atoms with E-state index in [1.807, 2.05) is 45.1 Å². The highest BCUT2D eigenvalue weighted by Gasteiger charge is 2.44. The molecule has 21 heavy (non-hydrogen) atoms. The fourth-order valence-corrected chi connectivity index (χ4v) is 3.16. The van der Waals surface area contributed by atoms with Crippen molar-refractivity contribution in [3.05, 3.63) is 46.1 Å². The molecule has 0 heterocycles. The standard InChI is InChI=1S/C17H19ClN2O/c1-17(2)8-13(14(16(17)21)10-20(3)4)12-6-5-11(9-19)7-15(12)18/h5-7,10,13H,8H2,1-4H3/b14-10-/t13-/m0/s1. The Morgan fingerprint density at radius 3 is 2.62 bits per heavy atom. The second-order valence-electron chi connectivity index (χ2n) is 6.37. The van der Waals surface area contributed by atoms with Crippen molar-refractivity contribution in [1.29, 1.82) is 5.26 Å². The quantitative estimate of drug-likeness (QED) is 0.782. The zero-order chi connectivity index (χ0) is 15.8. The van der Waals surface area contributed by atoms with E-state index in [-0.39, 0.29) is 17.1 Å². The molecule has 0 saturated heterocycles. The number of hydrogen-bond acceptors (Lipinski definition) is 3. The number of carbonyl (C=O) groups is 1. The molecule has 0 spiro atoms. The molecular formula is C17H19ClN2O. The van der Waals surface area contributed by atoms with Gasteiger partial charge in [-0.25, -0.2) is 0 Å². The summed E-state index contributed by atoms with van der Waals surface area (Å²) in [5, 5.41) is 9.48. The van der Waals surface area contributed by atoms with Crippen LogP contribution in [0.3, 0.4) is 0 Å². The number of nitrogens with zero attached hydrogens (tertiary/aromatic N) is 2. The number of nitriles is 1. The maximum absolute atomic E-state index is 12.6. The molecule has 1 aromatic rings. The predicted octanol–water partition coefficient (Wildman–Crippen LogP) is 3.74. The van der Waals surface area contributed by atoms with Gasteiger partial charge in [-0.1, -0.05) is 31.5 Å². The molecule has 0 unspecified atom stereocenters. The molecule has 110 valence electrons. The van der Waals surface area contributed by atoms with Crippen LogP contribution in [0.2, 0.25) is 5.02 Å². The summed E-state index contributed by atoms with van der Waals surface area (Å²) in [7, 11) is 3.81. The molecule has 1 aliphatic carbocycles. The lowest BCUT2D eigenvalue weighted by Crippen LogP contribution is -2.18. The van der Waals surface area contributed by atoms with Crippen molar-refractivity contribution in [3.8, 4) is 6.07 Å². The number of benzene rings is 1. The summed E-state index contributed by atoms with van der Waals surface area (Å²) in [6, 6.07) is 7.37. The van der Waals surface area contributed by atoms with Gasteiger partial charge in [0.2, 0.25) is 0 Å². The zero-order valence-electron chi connectivity index (χ0n) is 12.8. The molecule has 0 aliphatic heterocycles. The van der Waals surface area contributed by atoms with Crippen LogP contribution < -0.4 is 0 Å². The lowest BCUT2D eigenvalue weighted by molar-refractivity contribution is -0.121. The van der Waals surface area contributed by atoms with E-state index >= 15 is 0 Å². The number of allylic oxidation sites excluding steroid dienone is 1. The van der Waals surface area contributed by atoms with Gasteiger partial charge in [0.15, 0.2) is 5.78 Å². The van der Waals surface area contributed by atoms with Crippen molar-refractivity contribution >= 4 is 17.4 Å². The van der Waals surface area contributed by atoms with Crippen LogP contribution in [0.5, 0.6) is 0 Å². The van der Waals surface area contributed by atoms with Gasteiger partial charge in [-0.15, -0.1) is 0 Å². The molecule has 0 radical (unpaired) electrons. The van der Waals surface area contributed by atoms with E-state index in [4.69, 9.17) is 16.9 Å². The molecule has 0 amide bonds. The van der Waals surface area contributed by atoms with E-state index in [1.165, 1.54) is 0 Å². The van der Waals surface area contributed by atoms with E-state index < -0.39 is 0 Å². The fraction of sp³-hybridized carbons (Fsp3) is 0.412. The Morgan fingerprint density at radius 1 is 1.43 bits per heavy atom. The van der Waals surface area contributed by atoms with Gasteiger partial charge < -0.3 is 4.90 Å². The van der Waals surface area contributed by atoms with Crippen LogP contribution >= 0.6 is 11.6 Å². The summed E-state index contributed by atoms with van der Waals surface area (Å²) >= 11 is 6.33. The molecule has 1 aliphatic rings. The largest absolute Gasteiger partial charge is 0.383 e. The summed E-state index contributed by atoms with van der Waals surface area (Å²) in [6.07, 6.45) is 2.62. The van der Waals surface area contributed by atoms with Gasteiger partial charge in [0.1, 0.15) is 0 Å². The number of halogens is 1. The first kappa shape index (κ1) is 15.6. The van der Waals surface area contributed by atoms with Gasteiger partial charge >= 0.3 is 0 Å². The number of Topliss-reactive ketones (excluding diaryl/α,β-unsaturated/α-hetero) is 1. The Kier molecular flexibility index (Phi) is 4.11. The summed E-state index contributed by atoms with van der Waals surface area (Å²) in [5.41, 5.74) is 1.86. The number of ketones is 1. The van der Waals surface area contributed by atoms with Crippen molar-refractivity contribution in [2.75, 3.05) is 14.1 Å². The van der Waals surface area contributed by atoms with Gasteiger partial charge in [0, 0.05) is 42.2 Å². The van der Waals surface area contributed by atoms with Crippen LogP contribution in [0.4, 0.5) is 0 Å². The van der Waals surface area contributed by atoms with Gasteiger partial charge in [0.05, 0.1) is 11.6 Å². The van der Waals surface area contributed by atoms with E-state index in [9.17, 15) is 4.79 Å². The lowest BCUT2D eigenvalue weighted by Gasteiger charge is -2.16.